The third kappa shape index (κ3) is 2.69. The van der Waals surface area contributed by atoms with Crippen LogP contribution in [0, 0.1) is 0 Å². The molecule has 0 bridgehead atoms. The molecule has 4 heteroatoms. The minimum atomic E-state index is -0.961. The molecule has 0 aromatic rings. The maximum Gasteiger partial charge on any atom is 0.336 e. The SMILES string of the molecule is CC(C)OC1(C(=O)O)CCCNCC1. The average Bonchev–Trinajstić information content (AvgIpc) is 2.29. The van der Waals surface area contributed by atoms with Gasteiger partial charge in [-0.3, -0.25) is 0 Å². The highest BCUT2D eigenvalue weighted by Crippen LogP contribution is 2.26. The first kappa shape index (κ1) is 11.5. The van der Waals surface area contributed by atoms with Gasteiger partial charge in [-0.25, -0.2) is 4.79 Å². The summed E-state index contributed by atoms with van der Waals surface area (Å²) in [5, 5.41) is 12.4. The van der Waals surface area contributed by atoms with Crippen LogP contribution < -0.4 is 5.32 Å². The van der Waals surface area contributed by atoms with Crippen molar-refractivity contribution in [2.24, 2.45) is 0 Å². The van der Waals surface area contributed by atoms with Crippen molar-refractivity contribution in [2.45, 2.75) is 44.8 Å². The van der Waals surface area contributed by atoms with Gasteiger partial charge in [0.15, 0.2) is 5.60 Å². The maximum absolute atomic E-state index is 11.2. The molecular formula is C10H19NO3. The summed E-state index contributed by atoms with van der Waals surface area (Å²) in [6, 6.07) is 0. The van der Waals surface area contributed by atoms with Crippen molar-refractivity contribution in [3.63, 3.8) is 0 Å². The van der Waals surface area contributed by atoms with Crippen LogP contribution in [0.15, 0.2) is 0 Å². The van der Waals surface area contributed by atoms with Crippen LogP contribution in [-0.4, -0.2) is 35.9 Å². The fourth-order valence-electron chi connectivity index (χ4n) is 1.87. The highest BCUT2D eigenvalue weighted by atomic mass is 16.5. The molecule has 1 fully saturated rings. The smallest absolute Gasteiger partial charge is 0.336 e. The van der Waals surface area contributed by atoms with Crippen molar-refractivity contribution >= 4 is 5.97 Å². The summed E-state index contributed by atoms with van der Waals surface area (Å²) in [4.78, 5) is 11.2. The van der Waals surface area contributed by atoms with E-state index in [0.717, 1.165) is 19.5 Å². The zero-order valence-electron chi connectivity index (χ0n) is 8.88. The number of hydrogen-bond donors (Lipinski definition) is 2. The van der Waals surface area contributed by atoms with E-state index in [1.165, 1.54) is 0 Å². The van der Waals surface area contributed by atoms with Gasteiger partial charge in [0.25, 0.3) is 0 Å². The van der Waals surface area contributed by atoms with Crippen molar-refractivity contribution in [1.29, 1.82) is 0 Å². The van der Waals surface area contributed by atoms with E-state index in [1.54, 1.807) is 0 Å². The van der Waals surface area contributed by atoms with E-state index in [2.05, 4.69) is 5.32 Å². The lowest BCUT2D eigenvalue weighted by molar-refractivity contribution is -0.173. The number of nitrogens with one attached hydrogen (secondary N) is 1. The molecule has 1 aliphatic rings. The van der Waals surface area contributed by atoms with Crippen molar-refractivity contribution < 1.29 is 14.6 Å². The zero-order chi connectivity index (χ0) is 10.6. The topological polar surface area (TPSA) is 58.6 Å². The Morgan fingerprint density at radius 3 is 2.71 bits per heavy atom. The van der Waals surface area contributed by atoms with Crippen LogP contribution in [0.2, 0.25) is 0 Å². The predicted octanol–water partition coefficient (Wildman–Crippen LogP) is 1.01. The number of carbonyl (C=O) groups is 1. The van der Waals surface area contributed by atoms with E-state index in [0.29, 0.717) is 12.8 Å². The van der Waals surface area contributed by atoms with E-state index in [4.69, 9.17) is 4.74 Å². The van der Waals surface area contributed by atoms with Crippen molar-refractivity contribution in [3.8, 4) is 0 Å². The van der Waals surface area contributed by atoms with Gasteiger partial charge in [-0.1, -0.05) is 0 Å². The van der Waals surface area contributed by atoms with Gasteiger partial charge in [0.05, 0.1) is 6.10 Å². The number of rotatable bonds is 3. The number of carboxylic acids is 1. The first-order valence-electron chi connectivity index (χ1n) is 5.19. The standard InChI is InChI=1S/C10H19NO3/c1-8(2)14-10(9(12)13)4-3-6-11-7-5-10/h8,11H,3-7H2,1-2H3,(H,12,13). The number of carboxylic acid groups (broad SMARTS) is 1. The lowest BCUT2D eigenvalue weighted by atomic mass is 9.94. The Bertz CT molecular complexity index is 196. The largest absolute Gasteiger partial charge is 0.479 e. The summed E-state index contributed by atoms with van der Waals surface area (Å²) >= 11 is 0. The molecule has 82 valence electrons. The van der Waals surface area contributed by atoms with Gasteiger partial charge in [-0.15, -0.1) is 0 Å². The zero-order valence-corrected chi connectivity index (χ0v) is 8.88. The van der Waals surface area contributed by atoms with Gasteiger partial charge in [0.2, 0.25) is 0 Å². The Labute approximate surface area is 84.6 Å². The molecule has 4 nitrogen and oxygen atoms in total. The molecule has 0 aromatic carbocycles. The molecule has 0 aromatic heterocycles. The molecule has 0 radical (unpaired) electrons. The van der Waals surface area contributed by atoms with Gasteiger partial charge in [-0.2, -0.15) is 0 Å². The number of hydrogen-bond acceptors (Lipinski definition) is 3. The minimum Gasteiger partial charge on any atom is -0.479 e. The Hall–Kier alpha value is -0.610. The summed E-state index contributed by atoms with van der Waals surface area (Å²) in [5.41, 5.74) is -0.961. The quantitative estimate of drug-likeness (QED) is 0.715. The summed E-state index contributed by atoms with van der Waals surface area (Å²) in [6.45, 7) is 5.36. The Morgan fingerprint density at radius 1 is 1.43 bits per heavy atom. The molecule has 0 aliphatic carbocycles. The Balaban J connectivity index is 2.72. The first-order valence-corrected chi connectivity index (χ1v) is 5.19. The lowest BCUT2D eigenvalue weighted by Crippen LogP contribution is -2.44. The van der Waals surface area contributed by atoms with E-state index >= 15 is 0 Å². The molecule has 1 saturated heterocycles. The van der Waals surface area contributed by atoms with Crippen molar-refractivity contribution in [2.75, 3.05) is 13.1 Å². The summed E-state index contributed by atoms with van der Waals surface area (Å²) in [5.74, 6) is -0.824. The molecular weight excluding hydrogens is 182 g/mol. The number of aliphatic carboxylic acids is 1. The molecule has 2 N–H and O–H groups in total. The summed E-state index contributed by atoms with van der Waals surface area (Å²) in [6.07, 6.45) is 1.98. The summed E-state index contributed by atoms with van der Waals surface area (Å²) in [7, 11) is 0. The van der Waals surface area contributed by atoms with Crippen LogP contribution in [0.25, 0.3) is 0 Å². The summed E-state index contributed by atoms with van der Waals surface area (Å²) < 4.78 is 5.58. The Kier molecular flexibility index (Phi) is 3.89. The van der Waals surface area contributed by atoms with Crippen LogP contribution in [0.1, 0.15) is 33.1 Å². The van der Waals surface area contributed by atoms with Gasteiger partial charge in [0, 0.05) is 0 Å². The first-order chi connectivity index (χ1) is 6.57. The highest BCUT2D eigenvalue weighted by molar-refractivity contribution is 5.77. The molecule has 1 unspecified atom stereocenters. The van der Waals surface area contributed by atoms with Crippen molar-refractivity contribution in [1.82, 2.24) is 5.32 Å². The fourth-order valence-corrected chi connectivity index (χ4v) is 1.87. The van der Waals surface area contributed by atoms with E-state index in [-0.39, 0.29) is 6.10 Å². The molecule has 1 aliphatic heterocycles. The molecule has 1 rings (SSSR count). The van der Waals surface area contributed by atoms with Crippen LogP contribution in [0.3, 0.4) is 0 Å². The van der Waals surface area contributed by atoms with Gasteiger partial charge in [0.1, 0.15) is 0 Å². The second-order valence-electron chi connectivity index (χ2n) is 4.07. The van der Waals surface area contributed by atoms with Gasteiger partial charge in [-0.05, 0) is 46.2 Å². The highest BCUT2D eigenvalue weighted by Gasteiger charge is 2.40. The normalized spacial score (nSPS) is 28.8. The van der Waals surface area contributed by atoms with E-state index < -0.39 is 11.6 Å². The molecule has 0 amide bonds. The van der Waals surface area contributed by atoms with Crippen LogP contribution in [0.5, 0.6) is 0 Å². The van der Waals surface area contributed by atoms with Gasteiger partial charge >= 0.3 is 5.97 Å². The van der Waals surface area contributed by atoms with E-state index in [9.17, 15) is 9.90 Å². The van der Waals surface area contributed by atoms with Crippen LogP contribution in [0.4, 0.5) is 0 Å². The third-order valence-electron chi connectivity index (χ3n) is 2.49. The van der Waals surface area contributed by atoms with Gasteiger partial charge < -0.3 is 15.2 Å². The molecule has 1 heterocycles. The number of ether oxygens (including phenoxy) is 1. The fraction of sp³-hybridized carbons (Fsp3) is 0.900. The molecule has 0 spiro atoms. The predicted molar refractivity (Wildman–Crippen MR) is 53.3 cm³/mol. The van der Waals surface area contributed by atoms with Crippen LogP contribution in [-0.2, 0) is 9.53 Å². The second-order valence-corrected chi connectivity index (χ2v) is 4.07. The molecule has 14 heavy (non-hydrogen) atoms. The lowest BCUT2D eigenvalue weighted by Gasteiger charge is -2.30. The third-order valence-corrected chi connectivity index (χ3v) is 2.49. The minimum absolute atomic E-state index is 0.0378. The van der Waals surface area contributed by atoms with E-state index in [1.807, 2.05) is 13.8 Å². The second kappa shape index (κ2) is 4.75. The van der Waals surface area contributed by atoms with Crippen LogP contribution >= 0.6 is 0 Å². The Morgan fingerprint density at radius 2 is 2.14 bits per heavy atom. The monoisotopic (exact) mass is 201 g/mol. The van der Waals surface area contributed by atoms with Crippen molar-refractivity contribution in [3.05, 3.63) is 0 Å². The molecule has 1 atom stereocenters. The maximum atomic E-state index is 11.2. The average molecular weight is 201 g/mol. The molecule has 0 saturated carbocycles.